The predicted molar refractivity (Wildman–Crippen MR) is 46.0 cm³/mol. The number of hydrogen-bond acceptors (Lipinski definition) is 0. The second-order valence-corrected chi connectivity index (χ2v) is 2.94. The summed E-state index contributed by atoms with van der Waals surface area (Å²) in [5.41, 5.74) is 2.43. The molecule has 1 heteroatoms. The van der Waals surface area contributed by atoms with Crippen molar-refractivity contribution in [3.05, 3.63) is 23.2 Å². The normalized spacial score (nSPS) is 20.2. The Morgan fingerprint density at radius 1 is 1.70 bits per heavy atom. The highest BCUT2D eigenvalue weighted by atomic mass is 14.1. The van der Waals surface area contributed by atoms with Crippen molar-refractivity contribution in [1.29, 1.82) is 0 Å². The Balaban J connectivity index is 2.54. The lowest BCUT2D eigenvalue weighted by Crippen LogP contribution is -1.94. The molecular formula is C9H13B. The zero-order chi connectivity index (χ0) is 7.56. The van der Waals surface area contributed by atoms with E-state index >= 15 is 0 Å². The molecule has 0 aromatic heterocycles. The van der Waals surface area contributed by atoms with Crippen molar-refractivity contribution in [2.75, 3.05) is 0 Å². The minimum atomic E-state index is 0.706. The molecule has 0 heterocycles. The van der Waals surface area contributed by atoms with Crippen molar-refractivity contribution in [2.45, 2.75) is 26.7 Å². The summed E-state index contributed by atoms with van der Waals surface area (Å²) in [6.45, 7) is 4.46. The molecule has 52 valence electrons. The van der Waals surface area contributed by atoms with Crippen molar-refractivity contribution in [2.24, 2.45) is 5.92 Å². The van der Waals surface area contributed by atoms with Gasteiger partial charge in [0.25, 0.3) is 0 Å². The molecule has 1 atom stereocenters. The van der Waals surface area contributed by atoms with Crippen LogP contribution in [-0.4, -0.2) is 7.85 Å². The van der Waals surface area contributed by atoms with Gasteiger partial charge in [0.1, 0.15) is 7.85 Å². The molecule has 0 saturated heterocycles. The van der Waals surface area contributed by atoms with Crippen LogP contribution < -0.4 is 0 Å². The highest BCUT2D eigenvalue weighted by Crippen LogP contribution is 2.24. The molecule has 0 saturated carbocycles. The van der Waals surface area contributed by atoms with Gasteiger partial charge in [-0.3, -0.25) is 0 Å². The van der Waals surface area contributed by atoms with Crippen molar-refractivity contribution < 1.29 is 0 Å². The van der Waals surface area contributed by atoms with Gasteiger partial charge in [-0.25, -0.2) is 0 Å². The molecule has 10 heavy (non-hydrogen) atoms. The maximum Gasteiger partial charge on any atom is 0.113 e. The fourth-order valence-corrected chi connectivity index (χ4v) is 1.17. The van der Waals surface area contributed by atoms with Crippen LogP contribution in [0.1, 0.15) is 26.7 Å². The quantitative estimate of drug-likeness (QED) is 0.506. The summed E-state index contributed by atoms with van der Waals surface area (Å²) in [5, 5.41) is 0. The van der Waals surface area contributed by atoms with Crippen LogP contribution in [0.4, 0.5) is 0 Å². The third-order valence-corrected chi connectivity index (χ3v) is 2.17. The molecule has 0 aromatic rings. The van der Waals surface area contributed by atoms with E-state index in [4.69, 9.17) is 7.85 Å². The smallest absolute Gasteiger partial charge is 0.100 e. The van der Waals surface area contributed by atoms with Crippen LogP contribution in [-0.2, 0) is 0 Å². The molecule has 0 nitrogen and oxygen atoms in total. The lowest BCUT2D eigenvalue weighted by atomic mass is 9.95. The Kier molecular flexibility index (Phi) is 2.36. The molecule has 1 aliphatic rings. The van der Waals surface area contributed by atoms with Gasteiger partial charge in [0.15, 0.2) is 0 Å². The summed E-state index contributed by atoms with van der Waals surface area (Å²) in [6.07, 6.45) is 6.48. The first-order chi connectivity index (χ1) is 4.74. The fourth-order valence-electron chi connectivity index (χ4n) is 1.17. The van der Waals surface area contributed by atoms with Crippen molar-refractivity contribution in [1.82, 2.24) is 0 Å². The molecule has 0 aliphatic heterocycles. The second-order valence-electron chi connectivity index (χ2n) is 2.94. The van der Waals surface area contributed by atoms with Gasteiger partial charge in [0.05, 0.1) is 0 Å². The minimum absolute atomic E-state index is 0.706. The predicted octanol–water partition coefficient (Wildman–Crippen LogP) is 2.42. The molecule has 1 rings (SSSR count). The Morgan fingerprint density at radius 3 is 2.80 bits per heavy atom. The third kappa shape index (κ3) is 1.53. The molecule has 1 aliphatic carbocycles. The molecule has 0 fully saturated rings. The number of hydrogen-bond donors (Lipinski definition) is 0. The van der Waals surface area contributed by atoms with E-state index < -0.39 is 0 Å². The van der Waals surface area contributed by atoms with E-state index in [1.165, 1.54) is 12.0 Å². The van der Waals surface area contributed by atoms with E-state index in [1.807, 2.05) is 0 Å². The van der Waals surface area contributed by atoms with Gasteiger partial charge >= 0.3 is 0 Å². The number of rotatable bonds is 2. The Hall–Kier alpha value is -0.455. The van der Waals surface area contributed by atoms with E-state index in [0.29, 0.717) is 5.92 Å². The minimum Gasteiger partial charge on any atom is -0.100 e. The lowest BCUT2D eigenvalue weighted by Gasteiger charge is -2.08. The SMILES string of the molecule is [B]C1=CCC(C(C)CC)=C1. The van der Waals surface area contributed by atoms with Crippen LogP contribution >= 0.6 is 0 Å². The summed E-state index contributed by atoms with van der Waals surface area (Å²) in [6, 6.07) is 0. The Bertz CT molecular complexity index is 177. The van der Waals surface area contributed by atoms with E-state index in [2.05, 4.69) is 26.0 Å². The van der Waals surface area contributed by atoms with Gasteiger partial charge in [-0.2, -0.15) is 0 Å². The molecule has 0 spiro atoms. The topological polar surface area (TPSA) is 0 Å². The molecule has 0 amide bonds. The van der Waals surface area contributed by atoms with Gasteiger partial charge in [0.2, 0.25) is 0 Å². The molecule has 1 unspecified atom stereocenters. The molecule has 0 N–H and O–H groups in total. The largest absolute Gasteiger partial charge is 0.113 e. The molecule has 0 bridgehead atoms. The molecular weight excluding hydrogens is 119 g/mol. The average molecular weight is 132 g/mol. The monoisotopic (exact) mass is 132 g/mol. The van der Waals surface area contributed by atoms with Crippen LogP contribution in [0, 0.1) is 5.92 Å². The third-order valence-electron chi connectivity index (χ3n) is 2.17. The van der Waals surface area contributed by atoms with Crippen molar-refractivity contribution in [3.8, 4) is 0 Å². The van der Waals surface area contributed by atoms with E-state index in [-0.39, 0.29) is 0 Å². The van der Waals surface area contributed by atoms with Gasteiger partial charge in [-0.1, -0.05) is 31.6 Å². The van der Waals surface area contributed by atoms with Crippen LogP contribution in [0.3, 0.4) is 0 Å². The van der Waals surface area contributed by atoms with E-state index in [9.17, 15) is 0 Å². The van der Waals surface area contributed by atoms with Gasteiger partial charge in [0, 0.05) is 0 Å². The van der Waals surface area contributed by atoms with Gasteiger partial charge < -0.3 is 0 Å². The summed E-state index contributed by atoms with van der Waals surface area (Å²) in [4.78, 5) is 0. The summed E-state index contributed by atoms with van der Waals surface area (Å²) >= 11 is 0. The van der Waals surface area contributed by atoms with Gasteiger partial charge in [-0.05, 0) is 18.8 Å². The van der Waals surface area contributed by atoms with Crippen molar-refractivity contribution >= 4 is 7.85 Å². The average Bonchev–Trinajstić information content (AvgIpc) is 2.34. The molecule has 0 aromatic carbocycles. The first-order valence-corrected chi connectivity index (χ1v) is 3.90. The highest BCUT2D eigenvalue weighted by Gasteiger charge is 2.08. The van der Waals surface area contributed by atoms with Gasteiger partial charge in [-0.15, -0.1) is 5.47 Å². The zero-order valence-corrected chi connectivity index (χ0v) is 6.72. The summed E-state index contributed by atoms with van der Waals surface area (Å²) in [5.74, 6) is 0.706. The van der Waals surface area contributed by atoms with Crippen LogP contribution in [0.5, 0.6) is 0 Å². The number of allylic oxidation sites excluding steroid dienone is 4. The maximum absolute atomic E-state index is 5.60. The zero-order valence-electron chi connectivity index (χ0n) is 6.72. The second kappa shape index (κ2) is 3.09. The van der Waals surface area contributed by atoms with Crippen molar-refractivity contribution in [3.63, 3.8) is 0 Å². The first-order valence-electron chi connectivity index (χ1n) is 3.90. The highest BCUT2D eigenvalue weighted by molar-refractivity contribution is 6.23. The Labute approximate surface area is 64.4 Å². The van der Waals surface area contributed by atoms with Crippen LogP contribution in [0.15, 0.2) is 23.2 Å². The summed E-state index contributed by atoms with van der Waals surface area (Å²) in [7, 11) is 5.60. The maximum atomic E-state index is 5.60. The van der Waals surface area contributed by atoms with E-state index in [0.717, 1.165) is 11.9 Å². The molecule has 2 radical (unpaired) electrons. The Morgan fingerprint density at radius 2 is 2.40 bits per heavy atom. The van der Waals surface area contributed by atoms with Crippen LogP contribution in [0.2, 0.25) is 0 Å². The lowest BCUT2D eigenvalue weighted by molar-refractivity contribution is 0.646. The van der Waals surface area contributed by atoms with Crippen LogP contribution in [0.25, 0.3) is 0 Å². The standard InChI is InChI=1S/C9H13B/c1-3-7(2)8-4-5-9(10)6-8/h5-7H,3-4H2,1-2H3. The first kappa shape index (κ1) is 7.65. The van der Waals surface area contributed by atoms with E-state index in [1.54, 1.807) is 0 Å². The fraction of sp³-hybridized carbons (Fsp3) is 0.556. The summed E-state index contributed by atoms with van der Waals surface area (Å²) < 4.78 is 0.